The Morgan fingerprint density at radius 3 is 2.33 bits per heavy atom. The number of amides is 1. The first kappa shape index (κ1) is 20.7. The summed E-state index contributed by atoms with van der Waals surface area (Å²) in [7, 11) is -4.01. The van der Waals surface area contributed by atoms with Gasteiger partial charge in [-0.25, -0.2) is 17.6 Å². The number of nitrogens with zero attached hydrogens (tertiary/aromatic N) is 1. The lowest BCUT2D eigenvalue weighted by Crippen LogP contribution is -2.34. The van der Waals surface area contributed by atoms with Gasteiger partial charge in [0.25, 0.3) is 10.0 Å². The Morgan fingerprint density at radius 1 is 1.19 bits per heavy atom. The highest BCUT2D eigenvalue weighted by Gasteiger charge is 2.27. The molecule has 0 radical (unpaired) electrons. The highest BCUT2D eigenvalue weighted by Crippen LogP contribution is 2.28. The number of primary amides is 1. The lowest BCUT2D eigenvalue weighted by Gasteiger charge is -2.26. The molecular weight excluding hydrogens is 371 g/mol. The molecule has 0 atom stereocenters. The van der Waals surface area contributed by atoms with Crippen molar-refractivity contribution in [3.63, 3.8) is 0 Å². The molecule has 0 fully saturated rings. The molecule has 0 aromatic heterocycles. The molecule has 2 aromatic rings. The zero-order valence-corrected chi connectivity index (χ0v) is 16.3. The van der Waals surface area contributed by atoms with Crippen LogP contribution in [0.5, 0.6) is 5.75 Å². The summed E-state index contributed by atoms with van der Waals surface area (Å²) in [5.74, 6) is -1.36. The van der Waals surface area contributed by atoms with Gasteiger partial charge >= 0.3 is 6.09 Å². The lowest BCUT2D eigenvalue weighted by atomic mass is 10.1. The SMILES string of the molecule is CCc1ccc(N(CC(C)C)S(=O)(=O)c2ccc(F)c(OC(N)=O)c2)cc1. The zero-order chi connectivity index (χ0) is 20.2. The lowest BCUT2D eigenvalue weighted by molar-refractivity contribution is 0.208. The van der Waals surface area contributed by atoms with Crippen molar-refractivity contribution in [1.82, 2.24) is 0 Å². The monoisotopic (exact) mass is 394 g/mol. The molecule has 0 spiro atoms. The number of nitrogens with two attached hydrogens (primary N) is 1. The van der Waals surface area contributed by atoms with Crippen molar-refractivity contribution in [3.05, 3.63) is 53.8 Å². The minimum atomic E-state index is -4.01. The number of aryl methyl sites for hydroxylation is 1. The smallest absolute Gasteiger partial charge is 0.407 e. The third kappa shape index (κ3) is 4.97. The number of benzene rings is 2. The van der Waals surface area contributed by atoms with Gasteiger partial charge in [0, 0.05) is 12.6 Å². The molecule has 0 heterocycles. The first-order valence-corrected chi connectivity index (χ1v) is 9.97. The third-order valence-corrected chi connectivity index (χ3v) is 5.65. The molecule has 2 aromatic carbocycles. The fraction of sp³-hybridized carbons (Fsp3) is 0.316. The fourth-order valence-corrected chi connectivity index (χ4v) is 4.17. The summed E-state index contributed by atoms with van der Waals surface area (Å²) in [5, 5.41) is 0. The predicted molar refractivity (Wildman–Crippen MR) is 102 cm³/mol. The van der Waals surface area contributed by atoms with Gasteiger partial charge in [-0.1, -0.05) is 32.9 Å². The second kappa shape index (κ2) is 8.39. The van der Waals surface area contributed by atoms with Gasteiger partial charge in [-0.15, -0.1) is 0 Å². The Balaban J connectivity index is 2.51. The largest absolute Gasteiger partial charge is 0.410 e. The van der Waals surface area contributed by atoms with Crippen LogP contribution < -0.4 is 14.8 Å². The molecule has 0 saturated carbocycles. The van der Waals surface area contributed by atoms with Gasteiger partial charge in [-0.05, 0) is 42.2 Å². The summed E-state index contributed by atoms with van der Waals surface area (Å²) in [5.41, 5.74) is 6.49. The van der Waals surface area contributed by atoms with Gasteiger partial charge in [0.2, 0.25) is 0 Å². The minimum Gasteiger partial charge on any atom is -0.407 e. The quantitative estimate of drug-likeness (QED) is 0.775. The maximum Gasteiger partial charge on any atom is 0.410 e. The van der Waals surface area contributed by atoms with Crippen LogP contribution in [-0.2, 0) is 16.4 Å². The van der Waals surface area contributed by atoms with Crippen molar-refractivity contribution in [3.8, 4) is 5.75 Å². The normalized spacial score (nSPS) is 11.4. The topological polar surface area (TPSA) is 89.7 Å². The molecular formula is C19H23FN2O4S. The molecule has 27 heavy (non-hydrogen) atoms. The Hall–Kier alpha value is -2.61. The van der Waals surface area contributed by atoms with Crippen molar-refractivity contribution in [2.24, 2.45) is 11.7 Å². The molecule has 1 amide bonds. The maximum absolute atomic E-state index is 13.8. The van der Waals surface area contributed by atoms with E-state index in [4.69, 9.17) is 5.73 Å². The number of carbonyl (C=O) groups excluding carboxylic acids is 1. The number of carbonyl (C=O) groups is 1. The van der Waals surface area contributed by atoms with Crippen LogP contribution in [0.3, 0.4) is 0 Å². The summed E-state index contributed by atoms with van der Waals surface area (Å²) >= 11 is 0. The van der Waals surface area contributed by atoms with E-state index in [1.54, 1.807) is 12.1 Å². The first-order valence-electron chi connectivity index (χ1n) is 8.53. The van der Waals surface area contributed by atoms with Gasteiger partial charge in [-0.3, -0.25) is 4.31 Å². The highest BCUT2D eigenvalue weighted by atomic mass is 32.2. The summed E-state index contributed by atoms with van der Waals surface area (Å²) in [6.45, 7) is 6.04. The van der Waals surface area contributed by atoms with E-state index in [1.165, 1.54) is 4.31 Å². The molecule has 2 rings (SSSR count). The molecule has 0 aliphatic heterocycles. The molecule has 6 nitrogen and oxygen atoms in total. The van der Waals surface area contributed by atoms with Crippen LogP contribution in [-0.4, -0.2) is 21.1 Å². The van der Waals surface area contributed by atoms with E-state index in [2.05, 4.69) is 4.74 Å². The number of ether oxygens (including phenoxy) is 1. The van der Waals surface area contributed by atoms with Crippen LogP contribution in [0, 0.1) is 11.7 Å². The van der Waals surface area contributed by atoms with Crippen LogP contribution >= 0.6 is 0 Å². The molecule has 0 unspecified atom stereocenters. The van der Waals surface area contributed by atoms with Crippen molar-refractivity contribution in [1.29, 1.82) is 0 Å². The van der Waals surface area contributed by atoms with Crippen molar-refractivity contribution >= 4 is 21.8 Å². The van der Waals surface area contributed by atoms with Gasteiger partial charge < -0.3 is 10.5 Å². The van der Waals surface area contributed by atoms with Crippen molar-refractivity contribution in [2.45, 2.75) is 32.1 Å². The molecule has 2 N–H and O–H groups in total. The average molecular weight is 394 g/mol. The van der Waals surface area contributed by atoms with E-state index in [9.17, 15) is 17.6 Å². The van der Waals surface area contributed by atoms with E-state index in [1.807, 2.05) is 32.9 Å². The number of sulfonamides is 1. The van der Waals surface area contributed by atoms with Gasteiger partial charge in [0.15, 0.2) is 11.6 Å². The zero-order valence-electron chi connectivity index (χ0n) is 15.5. The van der Waals surface area contributed by atoms with Gasteiger partial charge in [0.05, 0.1) is 10.6 Å². The van der Waals surface area contributed by atoms with E-state index in [0.29, 0.717) is 5.69 Å². The van der Waals surface area contributed by atoms with Crippen LogP contribution in [0.4, 0.5) is 14.9 Å². The van der Waals surface area contributed by atoms with E-state index < -0.39 is 27.7 Å². The average Bonchev–Trinajstić information content (AvgIpc) is 2.61. The number of hydrogen-bond acceptors (Lipinski definition) is 4. The number of halogens is 1. The minimum absolute atomic E-state index is 0.0485. The predicted octanol–water partition coefficient (Wildman–Crippen LogP) is 3.70. The summed E-state index contributed by atoms with van der Waals surface area (Å²) in [6.07, 6.45) is -0.388. The summed E-state index contributed by atoms with van der Waals surface area (Å²) < 4.78 is 46.0. The Morgan fingerprint density at radius 2 is 1.81 bits per heavy atom. The molecule has 0 aliphatic rings. The number of anilines is 1. The van der Waals surface area contributed by atoms with Crippen LogP contribution in [0.25, 0.3) is 0 Å². The third-order valence-electron chi connectivity index (χ3n) is 3.86. The van der Waals surface area contributed by atoms with Crippen molar-refractivity contribution < 1.29 is 22.3 Å². The second-order valence-corrected chi connectivity index (χ2v) is 8.33. The van der Waals surface area contributed by atoms with Gasteiger partial charge in [-0.2, -0.15) is 0 Å². The van der Waals surface area contributed by atoms with Crippen molar-refractivity contribution in [2.75, 3.05) is 10.8 Å². The Kier molecular flexibility index (Phi) is 6.43. The number of hydrogen-bond donors (Lipinski definition) is 1. The van der Waals surface area contributed by atoms with Crippen LogP contribution in [0.2, 0.25) is 0 Å². The molecule has 0 aliphatic carbocycles. The molecule has 146 valence electrons. The van der Waals surface area contributed by atoms with Crippen LogP contribution in [0.1, 0.15) is 26.3 Å². The summed E-state index contributed by atoms with van der Waals surface area (Å²) in [4.78, 5) is 10.7. The summed E-state index contributed by atoms with van der Waals surface area (Å²) in [6, 6.07) is 10.2. The number of rotatable bonds is 7. The molecule has 8 heteroatoms. The highest BCUT2D eigenvalue weighted by molar-refractivity contribution is 7.92. The van der Waals surface area contributed by atoms with E-state index in [-0.39, 0.29) is 17.4 Å². The van der Waals surface area contributed by atoms with Crippen LogP contribution in [0.15, 0.2) is 47.4 Å². The Bertz CT molecular complexity index is 912. The first-order chi connectivity index (χ1) is 12.6. The second-order valence-electron chi connectivity index (χ2n) is 6.46. The Labute approximate surface area is 158 Å². The molecule has 0 saturated heterocycles. The standard InChI is InChI=1S/C19H23FN2O4S/c1-4-14-5-7-15(8-6-14)22(12-13(2)3)27(24,25)16-9-10-17(20)18(11-16)26-19(21)23/h5-11,13H,4,12H2,1-3H3,(H2,21,23). The maximum atomic E-state index is 13.8. The molecule has 0 bridgehead atoms. The fourth-order valence-electron chi connectivity index (χ4n) is 2.53. The van der Waals surface area contributed by atoms with Gasteiger partial charge in [0.1, 0.15) is 0 Å². The van der Waals surface area contributed by atoms with E-state index in [0.717, 1.165) is 30.2 Å². The van der Waals surface area contributed by atoms with E-state index >= 15 is 0 Å².